The number of nitrogens with one attached hydrogen (secondary N) is 1. The number of rotatable bonds is 3. The van der Waals surface area contributed by atoms with Gasteiger partial charge in [-0.3, -0.25) is 4.79 Å². The Hall–Kier alpha value is -0.280. The molecule has 12 heavy (non-hydrogen) atoms. The number of ether oxygens (including phenoxy) is 1. The number of hydrogen-bond donors (Lipinski definition) is 1. The Kier molecular flexibility index (Phi) is 4.40. The number of carbonyl (C=O) groups excluding carboxylic acids is 1. The van der Waals surface area contributed by atoms with Crippen LogP contribution in [0.3, 0.4) is 0 Å². The van der Waals surface area contributed by atoms with Gasteiger partial charge in [-0.15, -0.1) is 11.6 Å². The van der Waals surface area contributed by atoms with Crippen LogP contribution in [0.1, 0.15) is 12.8 Å². The molecule has 0 aromatic carbocycles. The minimum atomic E-state index is 0.124. The normalized spacial score (nSPS) is 19.1. The van der Waals surface area contributed by atoms with Gasteiger partial charge in [0, 0.05) is 31.6 Å². The first-order valence-electron chi connectivity index (χ1n) is 4.26. The molecule has 1 fully saturated rings. The molecular weight excluding hydrogens is 178 g/mol. The molecule has 0 aromatic heterocycles. The van der Waals surface area contributed by atoms with Crippen LogP contribution in [0.5, 0.6) is 0 Å². The standard InChI is InChI=1S/C8H14ClNO2/c9-3-4-10-8(11)7-1-5-12-6-2-7/h7H,1-6H2,(H,10,11). The van der Waals surface area contributed by atoms with Crippen molar-refractivity contribution < 1.29 is 9.53 Å². The van der Waals surface area contributed by atoms with Crippen LogP contribution in [0, 0.1) is 5.92 Å². The van der Waals surface area contributed by atoms with Gasteiger partial charge in [0.05, 0.1) is 0 Å². The largest absolute Gasteiger partial charge is 0.381 e. The molecule has 1 aliphatic heterocycles. The van der Waals surface area contributed by atoms with Crippen LogP contribution in [0.2, 0.25) is 0 Å². The molecule has 1 amide bonds. The van der Waals surface area contributed by atoms with Crippen LogP contribution in [0.25, 0.3) is 0 Å². The molecular formula is C8H14ClNO2. The van der Waals surface area contributed by atoms with Gasteiger partial charge in [0.1, 0.15) is 0 Å². The van der Waals surface area contributed by atoms with Crippen LogP contribution in [0.4, 0.5) is 0 Å². The van der Waals surface area contributed by atoms with E-state index in [4.69, 9.17) is 16.3 Å². The Balaban J connectivity index is 2.20. The van der Waals surface area contributed by atoms with Crippen LogP contribution >= 0.6 is 11.6 Å². The molecule has 1 N–H and O–H groups in total. The van der Waals surface area contributed by atoms with Crippen molar-refractivity contribution in [2.75, 3.05) is 25.6 Å². The fourth-order valence-corrected chi connectivity index (χ4v) is 1.37. The number of hydrogen-bond acceptors (Lipinski definition) is 2. The molecule has 3 nitrogen and oxygen atoms in total. The van der Waals surface area contributed by atoms with E-state index in [1.165, 1.54) is 0 Å². The Bertz CT molecular complexity index is 146. The summed E-state index contributed by atoms with van der Waals surface area (Å²) in [5.41, 5.74) is 0. The summed E-state index contributed by atoms with van der Waals surface area (Å²) >= 11 is 5.45. The van der Waals surface area contributed by atoms with Gasteiger partial charge in [0.25, 0.3) is 0 Å². The van der Waals surface area contributed by atoms with Crippen LogP contribution in [-0.4, -0.2) is 31.5 Å². The van der Waals surface area contributed by atoms with E-state index in [0.29, 0.717) is 25.6 Å². The second kappa shape index (κ2) is 5.38. The highest BCUT2D eigenvalue weighted by atomic mass is 35.5. The molecule has 1 saturated heterocycles. The molecule has 70 valence electrons. The van der Waals surface area contributed by atoms with Gasteiger partial charge in [-0.2, -0.15) is 0 Å². The lowest BCUT2D eigenvalue weighted by Gasteiger charge is -2.20. The lowest BCUT2D eigenvalue weighted by atomic mass is 10.00. The molecule has 1 aliphatic rings. The third kappa shape index (κ3) is 2.99. The van der Waals surface area contributed by atoms with Crippen molar-refractivity contribution in [2.24, 2.45) is 5.92 Å². The first-order valence-corrected chi connectivity index (χ1v) is 4.79. The molecule has 0 aliphatic carbocycles. The van der Waals surface area contributed by atoms with Gasteiger partial charge >= 0.3 is 0 Å². The summed E-state index contributed by atoms with van der Waals surface area (Å²) in [6, 6.07) is 0. The maximum absolute atomic E-state index is 11.3. The van der Waals surface area contributed by atoms with E-state index in [1.54, 1.807) is 0 Å². The molecule has 0 unspecified atom stereocenters. The van der Waals surface area contributed by atoms with Crippen molar-refractivity contribution in [1.82, 2.24) is 5.32 Å². The topological polar surface area (TPSA) is 38.3 Å². The molecule has 0 atom stereocenters. The van der Waals surface area contributed by atoms with Crippen molar-refractivity contribution in [1.29, 1.82) is 0 Å². The molecule has 0 radical (unpaired) electrons. The van der Waals surface area contributed by atoms with Gasteiger partial charge in [-0.1, -0.05) is 0 Å². The highest BCUT2D eigenvalue weighted by Gasteiger charge is 2.20. The summed E-state index contributed by atoms with van der Waals surface area (Å²) < 4.78 is 5.15. The van der Waals surface area contributed by atoms with E-state index in [2.05, 4.69) is 5.32 Å². The number of halogens is 1. The Morgan fingerprint density at radius 2 is 2.17 bits per heavy atom. The van der Waals surface area contributed by atoms with E-state index in [-0.39, 0.29) is 11.8 Å². The molecule has 0 saturated carbocycles. The van der Waals surface area contributed by atoms with Crippen LogP contribution < -0.4 is 5.32 Å². The van der Waals surface area contributed by atoms with Gasteiger partial charge in [0.15, 0.2) is 0 Å². The van der Waals surface area contributed by atoms with E-state index in [0.717, 1.165) is 12.8 Å². The summed E-state index contributed by atoms with van der Waals surface area (Å²) in [6.07, 6.45) is 1.68. The van der Waals surface area contributed by atoms with Crippen LogP contribution in [0.15, 0.2) is 0 Å². The highest BCUT2D eigenvalue weighted by molar-refractivity contribution is 6.18. The molecule has 0 bridgehead atoms. The maximum Gasteiger partial charge on any atom is 0.223 e. The van der Waals surface area contributed by atoms with Crippen molar-refractivity contribution >= 4 is 17.5 Å². The van der Waals surface area contributed by atoms with E-state index in [1.807, 2.05) is 0 Å². The monoisotopic (exact) mass is 191 g/mol. The fraction of sp³-hybridized carbons (Fsp3) is 0.875. The SMILES string of the molecule is O=C(NCCCl)C1CCOCC1. The zero-order valence-electron chi connectivity index (χ0n) is 7.01. The average molecular weight is 192 g/mol. The zero-order chi connectivity index (χ0) is 8.81. The predicted octanol–water partition coefficient (Wildman–Crippen LogP) is 0.768. The van der Waals surface area contributed by atoms with Crippen molar-refractivity contribution in [3.05, 3.63) is 0 Å². The van der Waals surface area contributed by atoms with E-state index >= 15 is 0 Å². The zero-order valence-corrected chi connectivity index (χ0v) is 7.77. The molecule has 0 aromatic rings. The smallest absolute Gasteiger partial charge is 0.223 e. The molecule has 1 heterocycles. The predicted molar refractivity (Wildman–Crippen MR) is 47.3 cm³/mol. The van der Waals surface area contributed by atoms with Gasteiger partial charge in [0.2, 0.25) is 5.91 Å². The fourth-order valence-electron chi connectivity index (χ4n) is 1.27. The van der Waals surface area contributed by atoms with Crippen molar-refractivity contribution in [3.63, 3.8) is 0 Å². The van der Waals surface area contributed by atoms with Crippen molar-refractivity contribution in [3.8, 4) is 0 Å². The van der Waals surface area contributed by atoms with Gasteiger partial charge < -0.3 is 10.1 Å². The van der Waals surface area contributed by atoms with Crippen LogP contribution in [-0.2, 0) is 9.53 Å². The second-order valence-electron chi connectivity index (χ2n) is 2.87. The average Bonchev–Trinajstić information content (AvgIpc) is 2.15. The summed E-state index contributed by atoms with van der Waals surface area (Å²) in [4.78, 5) is 11.3. The first kappa shape index (κ1) is 9.81. The number of amides is 1. The second-order valence-corrected chi connectivity index (χ2v) is 3.24. The lowest BCUT2D eigenvalue weighted by molar-refractivity contribution is -0.127. The van der Waals surface area contributed by atoms with E-state index in [9.17, 15) is 4.79 Å². The summed E-state index contributed by atoms with van der Waals surface area (Å²) in [5, 5.41) is 2.78. The third-order valence-electron chi connectivity index (χ3n) is 1.99. The highest BCUT2D eigenvalue weighted by Crippen LogP contribution is 2.14. The van der Waals surface area contributed by atoms with Crippen molar-refractivity contribution in [2.45, 2.75) is 12.8 Å². The molecule has 4 heteroatoms. The first-order chi connectivity index (χ1) is 5.84. The summed E-state index contributed by atoms with van der Waals surface area (Å²) in [7, 11) is 0. The Morgan fingerprint density at radius 1 is 1.50 bits per heavy atom. The third-order valence-corrected chi connectivity index (χ3v) is 2.17. The molecule has 1 rings (SSSR count). The number of carbonyl (C=O) groups is 1. The summed E-state index contributed by atoms with van der Waals surface area (Å²) in [6.45, 7) is 1.98. The van der Waals surface area contributed by atoms with Gasteiger partial charge in [-0.25, -0.2) is 0 Å². The lowest BCUT2D eigenvalue weighted by Crippen LogP contribution is -2.35. The minimum Gasteiger partial charge on any atom is -0.381 e. The van der Waals surface area contributed by atoms with E-state index < -0.39 is 0 Å². The number of alkyl halides is 1. The minimum absolute atomic E-state index is 0.124. The Labute approximate surface area is 77.4 Å². The quantitative estimate of drug-likeness (QED) is 0.670. The molecule has 0 spiro atoms. The maximum atomic E-state index is 11.3. The summed E-state index contributed by atoms with van der Waals surface area (Å²) in [5.74, 6) is 0.746. The van der Waals surface area contributed by atoms with Gasteiger partial charge in [-0.05, 0) is 12.8 Å². The Morgan fingerprint density at radius 3 is 2.75 bits per heavy atom.